The van der Waals surface area contributed by atoms with E-state index in [0.717, 1.165) is 27.2 Å². The van der Waals surface area contributed by atoms with E-state index in [2.05, 4.69) is 0 Å². The van der Waals surface area contributed by atoms with Crippen molar-refractivity contribution in [2.75, 3.05) is 7.11 Å². The van der Waals surface area contributed by atoms with Gasteiger partial charge < -0.3 is 9.84 Å². The molecule has 0 saturated carbocycles. The van der Waals surface area contributed by atoms with Gasteiger partial charge in [-0.05, 0) is 23.8 Å². The zero-order valence-electron chi connectivity index (χ0n) is 12.0. The molecular weight excluding hydrogens is 288 g/mol. The third-order valence-electron chi connectivity index (χ3n) is 3.71. The van der Waals surface area contributed by atoms with Gasteiger partial charge in [-0.2, -0.15) is 0 Å². The Morgan fingerprint density at radius 3 is 2.57 bits per heavy atom. The fourth-order valence-corrected chi connectivity index (χ4v) is 3.31. The van der Waals surface area contributed by atoms with E-state index in [1.54, 1.807) is 30.3 Å². The molecule has 1 atom stereocenters. The van der Waals surface area contributed by atoms with E-state index in [0.29, 0.717) is 0 Å². The van der Waals surface area contributed by atoms with Crippen LogP contribution in [0.15, 0.2) is 34.4 Å². The molecule has 1 unspecified atom stereocenters. The van der Waals surface area contributed by atoms with Crippen LogP contribution in [0.2, 0.25) is 0 Å². The molecule has 0 aliphatic rings. The molecule has 5 nitrogen and oxygen atoms in total. The third kappa shape index (κ3) is 2.16. The number of aryl methyl sites for hydroxylation is 2. The third-order valence-corrected chi connectivity index (χ3v) is 4.68. The van der Waals surface area contributed by atoms with Crippen LogP contribution in [0.4, 0.5) is 0 Å². The fraction of sp³-hybridized carbons (Fsp3) is 0.267. The second-order valence-corrected chi connectivity index (χ2v) is 5.88. The summed E-state index contributed by atoms with van der Waals surface area (Å²) in [6.45, 7) is 0. The predicted octanol–water partition coefficient (Wildman–Crippen LogP) is 2.03. The first-order valence-electron chi connectivity index (χ1n) is 6.48. The van der Waals surface area contributed by atoms with Gasteiger partial charge in [0, 0.05) is 24.4 Å². The molecule has 0 amide bonds. The van der Waals surface area contributed by atoms with Crippen LogP contribution in [0.3, 0.4) is 0 Å². The number of methoxy groups -OCH3 is 1. The van der Waals surface area contributed by atoms with Crippen molar-refractivity contribution < 1.29 is 9.84 Å². The van der Waals surface area contributed by atoms with Crippen molar-refractivity contribution in [2.45, 2.75) is 6.10 Å². The molecule has 1 aromatic carbocycles. The summed E-state index contributed by atoms with van der Waals surface area (Å²) in [5.41, 5.74) is 2.34. The lowest BCUT2D eigenvalue weighted by atomic mass is 10.1. The number of rotatable bonds is 3. The Morgan fingerprint density at radius 2 is 1.90 bits per heavy atom. The smallest absolute Gasteiger partial charge is 0.328 e. The van der Waals surface area contributed by atoms with Crippen molar-refractivity contribution in [2.24, 2.45) is 14.1 Å². The Morgan fingerprint density at radius 1 is 1.19 bits per heavy atom. The molecule has 1 N–H and O–H groups in total. The molecule has 2 aromatic heterocycles. The number of thiophene rings is 1. The van der Waals surface area contributed by atoms with Crippen LogP contribution in [0.1, 0.15) is 16.5 Å². The van der Waals surface area contributed by atoms with Gasteiger partial charge in [-0.1, -0.05) is 6.07 Å². The lowest BCUT2D eigenvalue weighted by Gasteiger charge is -2.09. The molecule has 0 saturated heterocycles. The van der Waals surface area contributed by atoms with Crippen LogP contribution in [0.25, 0.3) is 11.0 Å². The van der Waals surface area contributed by atoms with Crippen molar-refractivity contribution in [1.82, 2.24) is 9.13 Å². The number of aliphatic hydroxyl groups excluding tert-OH is 1. The summed E-state index contributed by atoms with van der Waals surface area (Å²) in [7, 11) is 5.07. The molecule has 0 spiro atoms. The van der Waals surface area contributed by atoms with Gasteiger partial charge in [-0.25, -0.2) is 4.79 Å². The summed E-state index contributed by atoms with van der Waals surface area (Å²) in [4.78, 5) is 12.7. The molecule has 0 fully saturated rings. The number of fused-ring (bicyclic) bond motifs is 1. The molecule has 3 rings (SSSR count). The number of imidazole rings is 1. The van der Waals surface area contributed by atoms with E-state index in [-0.39, 0.29) is 5.69 Å². The van der Waals surface area contributed by atoms with E-state index in [1.807, 2.05) is 29.6 Å². The second-order valence-electron chi connectivity index (χ2n) is 4.94. The number of nitrogens with zero attached hydrogens (tertiary/aromatic N) is 2. The van der Waals surface area contributed by atoms with Crippen LogP contribution in [-0.4, -0.2) is 21.4 Å². The molecule has 6 heteroatoms. The Kier molecular flexibility index (Phi) is 3.35. The molecule has 21 heavy (non-hydrogen) atoms. The van der Waals surface area contributed by atoms with Crippen LogP contribution >= 0.6 is 11.3 Å². The van der Waals surface area contributed by atoms with E-state index in [1.165, 1.54) is 11.3 Å². The molecule has 2 heterocycles. The highest BCUT2D eigenvalue weighted by Gasteiger charge is 2.16. The van der Waals surface area contributed by atoms with E-state index >= 15 is 0 Å². The largest absolute Gasteiger partial charge is 0.496 e. The summed E-state index contributed by atoms with van der Waals surface area (Å²) in [6.07, 6.45) is -0.724. The highest BCUT2D eigenvalue weighted by atomic mass is 32.1. The number of ether oxygens (including phenoxy) is 1. The zero-order chi connectivity index (χ0) is 15.1. The lowest BCUT2D eigenvalue weighted by molar-refractivity contribution is 0.224. The van der Waals surface area contributed by atoms with Crippen LogP contribution in [0.5, 0.6) is 5.75 Å². The first-order chi connectivity index (χ1) is 10.0. The van der Waals surface area contributed by atoms with Crippen LogP contribution in [-0.2, 0) is 14.1 Å². The van der Waals surface area contributed by atoms with Gasteiger partial charge in [0.15, 0.2) is 0 Å². The van der Waals surface area contributed by atoms with Crippen molar-refractivity contribution >= 4 is 22.4 Å². The molecule has 0 radical (unpaired) electrons. The quantitative estimate of drug-likeness (QED) is 0.805. The molecule has 110 valence electrons. The Labute approximate surface area is 125 Å². The van der Waals surface area contributed by atoms with Gasteiger partial charge in [0.1, 0.15) is 11.9 Å². The normalized spacial score (nSPS) is 12.8. The van der Waals surface area contributed by atoms with Crippen molar-refractivity contribution in [1.29, 1.82) is 0 Å². The van der Waals surface area contributed by atoms with Crippen molar-refractivity contribution in [3.63, 3.8) is 0 Å². The second kappa shape index (κ2) is 5.05. The monoisotopic (exact) mass is 304 g/mol. The summed E-state index contributed by atoms with van der Waals surface area (Å²) in [6, 6.07) is 7.38. The van der Waals surface area contributed by atoms with Gasteiger partial charge in [0.25, 0.3) is 0 Å². The fourth-order valence-electron chi connectivity index (χ4n) is 2.44. The topological polar surface area (TPSA) is 56.4 Å². The Bertz CT molecular complexity index is 860. The molecule has 0 bridgehead atoms. The van der Waals surface area contributed by atoms with E-state index in [4.69, 9.17) is 4.74 Å². The highest BCUT2D eigenvalue weighted by molar-refractivity contribution is 7.10. The molecule has 0 aliphatic heterocycles. The molecule has 0 aliphatic carbocycles. The SMILES string of the molecule is COc1csc(C(O)c2ccc3c(c2)n(C)c(=O)n3C)c1. The standard InChI is InChI=1S/C15H16N2O3S/c1-16-11-5-4-9(6-12(11)17(2)15(16)19)14(18)13-7-10(20-3)8-21-13/h4-8,14,18H,1-3H3. The summed E-state index contributed by atoms with van der Waals surface area (Å²) < 4.78 is 8.32. The summed E-state index contributed by atoms with van der Waals surface area (Å²) >= 11 is 1.45. The minimum atomic E-state index is -0.724. The maximum Gasteiger partial charge on any atom is 0.328 e. The van der Waals surface area contributed by atoms with Gasteiger partial charge in [0.05, 0.1) is 18.1 Å². The van der Waals surface area contributed by atoms with Gasteiger partial charge >= 0.3 is 5.69 Å². The minimum absolute atomic E-state index is 0.0746. The highest BCUT2D eigenvalue weighted by Crippen LogP contribution is 2.31. The first kappa shape index (κ1) is 13.9. The van der Waals surface area contributed by atoms with Crippen LogP contribution in [0, 0.1) is 0 Å². The van der Waals surface area contributed by atoms with E-state index < -0.39 is 6.10 Å². The van der Waals surface area contributed by atoms with Crippen molar-refractivity contribution in [3.05, 3.63) is 50.6 Å². The Hall–Kier alpha value is -2.05. The number of hydrogen-bond donors (Lipinski definition) is 1. The molecular formula is C15H16N2O3S. The van der Waals surface area contributed by atoms with Gasteiger partial charge in [-0.3, -0.25) is 9.13 Å². The minimum Gasteiger partial charge on any atom is -0.496 e. The zero-order valence-corrected chi connectivity index (χ0v) is 12.8. The number of aromatic nitrogens is 2. The van der Waals surface area contributed by atoms with E-state index in [9.17, 15) is 9.90 Å². The average molecular weight is 304 g/mol. The average Bonchev–Trinajstić information content (AvgIpc) is 3.07. The Balaban J connectivity index is 2.08. The number of hydrogen-bond acceptors (Lipinski definition) is 4. The maximum absolute atomic E-state index is 11.9. The molecule has 3 aromatic rings. The lowest BCUT2D eigenvalue weighted by Crippen LogP contribution is -2.19. The first-order valence-corrected chi connectivity index (χ1v) is 7.36. The van der Waals surface area contributed by atoms with Crippen LogP contribution < -0.4 is 10.4 Å². The summed E-state index contributed by atoms with van der Waals surface area (Å²) in [5.74, 6) is 0.738. The summed E-state index contributed by atoms with van der Waals surface area (Å²) in [5, 5.41) is 12.3. The van der Waals surface area contributed by atoms with Crippen molar-refractivity contribution in [3.8, 4) is 5.75 Å². The van der Waals surface area contributed by atoms with Gasteiger partial charge in [-0.15, -0.1) is 11.3 Å². The maximum atomic E-state index is 11.9. The number of aliphatic hydroxyl groups is 1. The van der Waals surface area contributed by atoms with Gasteiger partial charge in [0.2, 0.25) is 0 Å². The predicted molar refractivity (Wildman–Crippen MR) is 83.1 cm³/mol. The number of benzene rings is 1.